The van der Waals surface area contributed by atoms with Gasteiger partial charge in [-0.3, -0.25) is 4.21 Å². The first-order valence-corrected chi connectivity index (χ1v) is 5.45. The molecule has 0 fully saturated rings. The Bertz CT molecular complexity index is 130. The van der Waals surface area contributed by atoms with E-state index in [0.717, 1.165) is 6.54 Å². The molecule has 0 aromatic carbocycles. The van der Waals surface area contributed by atoms with Crippen LogP contribution in [0.5, 0.6) is 0 Å². The molecule has 0 bridgehead atoms. The average molecular weight is 178 g/mol. The van der Waals surface area contributed by atoms with Gasteiger partial charge in [-0.25, -0.2) is 0 Å². The molecular formula is C7H18N2OS. The van der Waals surface area contributed by atoms with E-state index in [9.17, 15) is 4.21 Å². The van der Waals surface area contributed by atoms with Gasteiger partial charge in [0.25, 0.3) is 0 Å². The molecule has 0 amide bonds. The normalized spacial score (nSPS) is 19.3. The highest BCUT2D eigenvalue weighted by Crippen LogP contribution is 1.90. The predicted molar refractivity (Wildman–Crippen MR) is 50.0 cm³/mol. The van der Waals surface area contributed by atoms with Crippen LogP contribution in [0.2, 0.25) is 0 Å². The third kappa shape index (κ3) is 5.35. The van der Waals surface area contributed by atoms with E-state index < -0.39 is 10.8 Å². The zero-order chi connectivity index (χ0) is 8.85. The largest absolute Gasteiger partial charge is 0.329 e. The Balaban J connectivity index is 3.45. The molecule has 3 N–H and O–H groups in total. The number of nitrogens with one attached hydrogen (secondary N) is 1. The van der Waals surface area contributed by atoms with Gasteiger partial charge in [-0.1, -0.05) is 0 Å². The molecule has 68 valence electrons. The molecule has 0 spiro atoms. The Morgan fingerprint density at radius 2 is 2.09 bits per heavy atom. The Morgan fingerprint density at radius 3 is 2.45 bits per heavy atom. The quantitative estimate of drug-likeness (QED) is 0.607. The van der Waals surface area contributed by atoms with Crippen LogP contribution in [0.4, 0.5) is 0 Å². The summed E-state index contributed by atoms with van der Waals surface area (Å²) in [6.45, 7) is 5.39. The summed E-state index contributed by atoms with van der Waals surface area (Å²) in [4.78, 5) is 0. The standard InChI is InChI=1S/C7H18N2OS/c1-6(4-8)9-5-7(2)11(3)10/h6-7,9H,4-5,8H2,1-3H3. The van der Waals surface area contributed by atoms with Crippen LogP contribution in [-0.2, 0) is 10.8 Å². The van der Waals surface area contributed by atoms with Gasteiger partial charge >= 0.3 is 0 Å². The van der Waals surface area contributed by atoms with E-state index >= 15 is 0 Å². The van der Waals surface area contributed by atoms with Crippen LogP contribution in [0.3, 0.4) is 0 Å². The van der Waals surface area contributed by atoms with Crippen LogP contribution < -0.4 is 11.1 Å². The molecule has 0 heterocycles. The summed E-state index contributed by atoms with van der Waals surface area (Å²) in [5, 5.41) is 3.41. The van der Waals surface area contributed by atoms with E-state index in [-0.39, 0.29) is 5.25 Å². The van der Waals surface area contributed by atoms with Crippen molar-refractivity contribution in [2.45, 2.75) is 25.1 Å². The Morgan fingerprint density at radius 1 is 1.55 bits per heavy atom. The van der Waals surface area contributed by atoms with Crippen molar-refractivity contribution in [1.82, 2.24) is 5.32 Å². The Labute approximate surface area is 71.2 Å². The molecule has 0 aliphatic carbocycles. The summed E-state index contributed by atoms with van der Waals surface area (Å²) in [7, 11) is -0.732. The van der Waals surface area contributed by atoms with Crippen LogP contribution in [0.25, 0.3) is 0 Å². The van der Waals surface area contributed by atoms with Crippen molar-refractivity contribution in [3.63, 3.8) is 0 Å². The summed E-state index contributed by atoms with van der Waals surface area (Å²) in [5.74, 6) is 0. The van der Waals surface area contributed by atoms with Crippen LogP contribution in [0.15, 0.2) is 0 Å². The van der Waals surface area contributed by atoms with Crippen LogP contribution in [-0.4, -0.2) is 34.8 Å². The molecule has 0 aliphatic heterocycles. The van der Waals surface area contributed by atoms with Gasteiger partial charge in [-0.05, 0) is 13.8 Å². The molecule has 0 saturated heterocycles. The molecule has 3 nitrogen and oxygen atoms in total. The zero-order valence-corrected chi connectivity index (χ0v) is 8.28. The van der Waals surface area contributed by atoms with E-state index in [2.05, 4.69) is 5.32 Å². The van der Waals surface area contributed by atoms with Gasteiger partial charge in [-0.15, -0.1) is 0 Å². The smallest absolute Gasteiger partial charge is 0.0441 e. The molecule has 3 unspecified atom stereocenters. The average Bonchev–Trinajstić information content (AvgIpc) is 1.99. The number of hydrogen-bond acceptors (Lipinski definition) is 3. The highest BCUT2D eigenvalue weighted by Gasteiger charge is 2.06. The maximum atomic E-state index is 10.9. The van der Waals surface area contributed by atoms with Gasteiger partial charge in [0.1, 0.15) is 0 Å². The van der Waals surface area contributed by atoms with Gasteiger partial charge in [0.15, 0.2) is 0 Å². The van der Waals surface area contributed by atoms with Gasteiger partial charge in [-0.2, -0.15) is 0 Å². The third-order valence-corrected chi connectivity index (χ3v) is 2.97. The van der Waals surface area contributed by atoms with Crippen LogP contribution >= 0.6 is 0 Å². The van der Waals surface area contributed by atoms with Crippen molar-refractivity contribution in [3.8, 4) is 0 Å². The summed E-state index contributed by atoms with van der Waals surface area (Å²) in [5.41, 5.74) is 5.40. The lowest BCUT2D eigenvalue weighted by molar-refractivity contribution is 0.553. The van der Waals surface area contributed by atoms with Crippen LogP contribution in [0.1, 0.15) is 13.8 Å². The maximum absolute atomic E-state index is 10.9. The molecule has 3 atom stereocenters. The molecule has 0 aromatic heterocycles. The fourth-order valence-electron chi connectivity index (χ4n) is 0.568. The predicted octanol–water partition coefficient (Wildman–Crippen LogP) is -0.310. The minimum absolute atomic E-state index is 0.212. The molecule has 0 aliphatic rings. The topological polar surface area (TPSA) is 55.1 Å². The summed E-state index contributed by atoms with van der Waals surface area (Å²) in [6.07, 6.45) is 1.72. The summed E-state index contributed by atoms with van der Waals surface area (Å²) in [6, 6.07) is 0.320. The van der Waals surface area contributed by atoms with E-state index in [0.29, 0.717) is 12.6 Å². The first-order valence-electron chi connectivity index (χ1n) is 3.83. The fourth-order valence-corrected chi connectivity index (χ4v) is 0.899. The molecule has 0 aromatic rings. The van der Waals surface area contributed by atoms with Crippen molar-refractivity contribution < 1.29 is 4.21 Å². The summed E-state index contributed by atoms with van der Waals surface area (Å²) < 4.78 is 10.9. The highest BCUT2D eigenvalue weighted by molar-refractivity contribution is 7.84. The fraction of sp³-hybridized carbons (Fsp3) is 1.00. The number of rotatable bonds is 5. The van der Waals surface area contributed by atoms with Crippen LogP contribution in [0, 0.1) is 0 Å². The van der Waals surface area contributed by atoms with E-state index in [1.807, 2.05) is 13.8 Å². The van der Waals surface area contributed by atoms with Crippen molar-refractivity contribution in [2.24, 2.45) is 5.73 Å². The summed E-state index contributed by atoms with van der Waals surface area (Å²) >= 11 is 0. The second-order valence-corrected chi connectivity index (χ2v) is 4.66. The molecule has 0 radical (unpaired) electrons. The van der Waals surface area contributed by atoms with Crippen molar-refractivity contribution in [3.05, 3.63) is 0 Å². The highest BCUT2D eigenvalue weighted by atomic mass is 32.2. The monoisotopic (exact) mass is 178 g/mol. The second-order valence-electron chi connectivity index (χ2n) is 2.85. The minimum atomic E-state index is -0.732. The van der Waals surface area contributed by atoms with Gasteiger partial charge < -0.3 is 11.1 Å². The SMILES string of the molecule is CC(CN)NCC(C)S(C)=O. The van der Waals surface area contributed by atoms with Crippen molar-refractivity contribution in [1.29, 1.82) is 0 Å². The third-order valence-electron chi connectivity index (χ3n) is 1.67. The Hall–Kier alpha value is 0.0700. The Kier molecular flexibility index (Phi) is 5.72. The van der Waals surface area contributed by atoms with E-state index in [1.54, 1.807) is 6.26 Å². The zero-order valence-electron chi connectivity index (χ0n) is 7.46. The molecule has 11 heavy (non-hydrogen) atoms. The lowest BCUT2D eigenvalue weighted by atomic mass is 10.3. The van der Waals surface area contributed by atoms with Gasteiger partial charge in [0, 0.05) is 41.4 Å². The van der Waals surface area contributed by atoms with Crippen molar-refractivity contribution >= 4 is 10.8 Å². The number of hydrogen-bond donors (Lipinski definition) is 2. The van der Waals surface area contributed by atoms with Gasteiger partial charge in [0.05, 0.1) is 0 Å². The molecular weight excluding hydrogens is 160 g/mol. The van der Waals surface area contributed by atoms with E-state index in [4.69, 9.17) is 5.73 Å². The van der Waals surface area contributed by atoms with E-state index in [1.165, 1.54) is 0 Å². The molecule has 4 heteroatoms. The first kappa shape index (κ1) is 11.1. The lowest BCUT2D eigenvalue weighted by Crippen LogP contribution is -2.38. The number of nitrogens with two attached hydrogens (primary N) is 1. The maximum Gasteiger partial charge on any atom is 0.0441 e. The molecule has 0 rings (SSSR count). The molecule has 0 saturated carbocycles. The lowest BCUT2D eigenvalue weighted by Gasteiger charge is -2.14. The first-order chi connectivity index (χ1) is 5.07. The minimum Gasteiger partial charge on any atom is -0.329 e. The second kappa shape index (κ2) is 5.69. The van der Waals surface area contributed by atoms with Gasteiger partial charge in [0.2, 0.25) is 0 Å². The van der Waals surface area contributed by atoms with Crippen molar-refractivity contribution in [2.75, 3.05) is 19.3 Å².